The molecule has 0 heterocycles. The molecule has 2 amide bonds. The van der Waals surface area contributed by atoms with Crippen LogP contribution in [0.2, 0.25) is 0 Å². The summed E-state index contributed by atoms with van der Waals surface area (Å²) in [6.07, 6.45) is 3.14. The molecule has 0 bridgehead atoms. The van der Waals surface area contributed by atoms with Crippen LogP contribution in [0.4, 0.5) is 5.69 Å². The van der Waals surface area contributed by atoms with E-state index in [9.17, 15) is 9.59 Å². The summed E-state index contributed by atoms with van der Waals surface area (Å²) in [5.74, 6) is -0.539. The Morgan fingerprint density at radius 1 is 1.09 bits per heavy atom. The van der Waals surface area contributed by atoms with Crippen LogP contribution in [0.15, 0.2) is 60.7 Å². The van der Waals surface area contributed by atoms with Crippen molar-refractivity contribution in [3.05, 3.63) is 66.2 Å². The number of hydrogen-bond acceptors (Lipinski definition) is 4. The SMILES string of the molecule is O=C(/C=C/c1ccccc1)Nc1cccc(OCC(=O)NO)c1. The molecule has 0 radical (unpaired) electrons. The minimum Gasteiger partial charge on any atom is -0.484 e. The smallest absolute Gasteiger partial charge is 0.281 e. The quantitative estimate of drug-likeness (QED) is 0.433. The van der Waals surface area contributed by atoms with Crippen LogP contribution in [-0.4, -0.2) is 23.6 Å². The highest BCUT2D eigenvalue weighted by Crippen LogP contribution is 2.17. The molecule has 0 fully saturated rings. The molecule has 2 aromatic rings. The minimum atomic E-state index is -0.662. The third-order valence-electron chi connectivity index (χ3n) is 2.82. The van der Waals surface area contributed by atoms with Gasteiger partial charge in [-0.2, -0.15) is 0 Å². The number of carbonyl (C=O) groups is 2. The van der Waals surface area contributed by atoms with E-state index in [0.717, 1.165) is 5.56 Å². The molecule has 6 heteroatoms. The van der Waals surface area contributed by atoms with E-state index in [0.29, 0.717) is 11.4 Å². The first-order valence-corrected chi connectivity index (χ1v) is 6.87. The predicted molar refractivity (Wildman–Crippen MR) is 86.0 cm³/mol. The van der Waals surface area contributed by atoms with Crippen LogP contribution in [0, 0.1) is 0 Å². The lowest BCUT2D eigenvalue weighted by atomic mass is 10.2. The highest BCUT2D eigenvalue weighted by molar-refractivity contribution is 6.02. The van der Waals surface area contributed by atoms with E-state index in [1.807, 2.05) is 30.3 Å². The summed E-state index contributed by atoms with van der Waals surface area (Å²) < 4.78 is 5.17. The van der Waals surface area contributed by atoms with Crippen molar-refractivity contribution in [3.63, 3.8) is 0 Å². The number of hydrogen-bond donors (Lipinski definition) is 3. The highest BCUT2D eigenvalue weighted by atomic mass is 16.5. The van der Waals surface area contributed by atoms with E-state index >= 15 is 0 Å². The number of nitrogens with one attached hydrogen (secondary N) is 2. The van der Waals surface area contributed by atoms with E-state index in [4.69, 9.17) is 9.94 Å². The summed E-state index contributed by atoms with van der Waals surface area (Å²) in [7, 11) is 0. The van der Waals surface area contributed by atoms with Gasteiger partial charge in [-0.1, -0.05) is 36.4 Å². The molecule has 0 aliphatic rings. The Morgan fingerprint density at radius 3 is 2.61 bits per heavy atom. The molecule has 23 heavy (non-hydrogen) atoms. The van der Waals surface area contributed by atoms with Crippen molar-refractivity contribution in [1.82, 2.24) is 5.48 Å². The maximum Gasteiger partial charge on any atom is 0.281 e. The van der Waals surface area contributed by atoms with Crippen LogP contribution in [-0.2, 0) is 9.59 Å². The molecule has 118 valence electrons. The standard InChI is InChI=1S/C17H16N2O4/c20-16(10-9-13-5-2-1-3-6-13)18-14-7-4-8-15(11-14)23-12-17(21)19-22/h1-11,22H,12H2,(H,18,20)(H,19,21)/b10-9+. The fraction of sp³-hybridized carbons (Fsp3) is 0.0588. The van der Waals surface area contributed by atoms with Crippen molar-refractivity contribution < 1.29 is 19.5 Å². The van der Waals surface area contributed by atoms with Gasteiger partial charge in [-0.25, -0.2) is 5.48 Å². The zero-order valence-corrected chi connectivity index (χ0v) is 12.2. The lowest BCUT2D eigenvalue weighted by molar-refractivity contribution is -0.131. The van der Waals surface area contributed by atoms with E-state index in [1.165, 1.54) is 11.6 Å². The van der Waals surface area contributed by atoms with Gasteiger partial charge in [-0.3, -0.25) is 14.8 Å². The Hall–Kier alpha value is -3.12. The Kier molecular flexibility index (Phi) is 5.90. The fourth-order valence-corrected chi connectivity index (χ4v) is 1.76. The van der Waals surface area contributed by atoms with E-state index < -0.39 is 5.91 Å². The van der Waals surface area contributed by atoms with Crippen LogP contribution < -0.4 is 15.5 Å². The topological polar surface area (TPSA) is 87.7 Å². The number of anilines is 1. The first kappa shape index (κ1) is 16.3. The van der Waals surface area contributed by atoms with Crippen LogP contribution in [0.25, 0.3) is 6.08 Å². The molecule has 0 atom stereocenters. The summed E-state index contributed by atoms with van der Waals surface area (Å²) in [6.45, 7) is -0.318. The van der Waals surface area contributed by atoms with Crippen LogP contribution in [0.5, 0.6) is 5.75 Å². The van der Waals surface area contributed by atoms with Gasteiger partial charge in [0.15, 0.2) is 6.61 Å². The van der Waals surface area contributed by atoms with Crippen LogP contribution >= 0.6 is 0 Å². The van der Waals surface area contributed by atoms with Crippen molar-refractivity contribution in [1.29, 1.82) is 0 Å². The van der Waals surface area contributed by atoms with Crippen molar-refractivity contribution in [2.75, 3.05) is 11.9 Å². The van der Waals surface area contributed by atoms with Gasteiger partial charge in [0, 0.05) is 17.8 Å². The third kappa shape index (κ3) is 5.64. The number of rotatable bonds is 6. The van der Waals surface area contributed by atoms with Gasteiger partial charge in [-0.15, -0.1) is 0 Å². The minimum absolute atomic E-state index is 0.279. The van der Waals surface area contributed by atoms with Crippen molar-refractivity contribution >= 4 is 23.6 Å². The highest BCUT2D eigenvalue weighted by Gasteiger charge is 2.03. The molecular formula is C17H16N2O4. The molecule has 0 saturated carbocycles. The van der Waals surface area contributed by atoms with Crippen LogP contribution in [0.3, 0.4) is 0 Å². The second kappa shape index (κ2) is 8.35. The lowest BCUT2D eigenvalue weighted by Crippen LogP contribution is -2.25. The second-order valence-corrected chi connectivity index (χ2v) is 4.58. The lowest BCUT2D eigenvalue weighted by Gasteiger charge is -2.07. The van der Waals surface area contributed by atoms with E-state index in [-0.39, 0.29) is 12.5 Å². The van der Waals surface area contributed by atoms with Gasteiger partial charge in [-0.05, 0) is 23.8 Å². The third-order valence-corrected chi connectivity index (χ3v) is 2.82. The van der Waals surface area contributed by atoms with Gasteiger partial charge >= 0.3 is 0 Å². The molecular weight excluding hydrogens is 296 g/mol. The monoisotopic (exact) mass is 312 g/mol. The maximum atomic E-state index is 11.9. The predicted octanol–water partition coefficient (Wildman–Crippen LogP) is 2.22. The summed E-state index contributed by atoms with van der Waals surface area (Å²) >= 11 is 0. The zero-order chi connectivity index (χ0) is 16.5. The first-order chi connectivity index (χ1) is 11.2. The number of carbonyl (C=O) groups excluding carboxylic acids is 2. The Bertz CT molecular complexity index is 699. The summed E-state index contributed by atoms with van der Waals surface area (Å²) in [6, 6.07) is 16.1. The molecule has 3 N–H and O–H groups in total. The fourth-order valence-electron chi connectivity index (χ4n) is 1.76. The molecule has 0 aromatic heterocycles. The van der Waals surface area contributed by atoms with Crippen molar-refractivity contribution in [2.24, 2.45) is 0 Å². The molecule has 0 aliphatic carbocycles. The Morgan fingerprint density at radius 2 is 1.87 bits per heavy atom. The number of amides is 2. The van der Waals surface area contributed by atoms with Crippen molar-refractivity contribution in [3.8, 4) is 5.75 Å². The van der Waals surface area contributed by atoms with Gasteiger partial charge < -0.3 is 10.1 Å². The van der Waals surface area contributed by atoms with Gasteiger partial charge in [0.05, 0.1) is 0 Å². The molecule has 0 aliphatic heterocycles. The summed E-state index contributed by atoms with van der Waals surface area (Å²) in [5, 5.41) is 11.1. The molecule has 6 nitrogen and oxygen atoms in total. The molecule has 2 rings (SSSR count). The van der Waals surface area contributed by atoms with E-state index in [2.05, 4.69) is 5.32 Å². The average Bonchev–Trinajstić information content (AvgIpc) is 2.59. The molecule has 0 unspecified atom stereocenters. The molecule has 0 spiro atoms. The first-order valence-electron chi connectivity index (χ1n) is 6.87. The Labute approximate surface area is 133 Å². The molecule has 0 saturated heterocycles. The van der Waals surface area contributed by atoms with Gasteiger partial charge in [0.1, 0.15) is 5.75 Å². The number of hydroxylamine groups is 1. The summed E-state index contributed by atoms with van der Waals surface area (Å²) in [5.41, 5.74) is 2.93. The average molecular weight is 312 g/mol. The van der Waals surface area contributed by atoms with Gasteiger partial charge in [0.25, 0.3) is 5.91 Å². The maximum absolute atomic E-state index is 11.9. The molecule has 2 aromatic carbocycles. The summed E-state index contributed by atoms with van der Waals surface area (Å²) in [4.78, 5) is 22.8. The van der Waals surface area contributed by atoms with Crippen molar-refractivity contribution in [2.45, 2.75) is 0 Å². The second-order valence-electron chi connectivity index (χ2n) is 4.58. The van der Waals surface area contributed by atoms with E-state index in [1.54, 1.807) is 30.3 Å². The number of ether oxygens (including phenoxy) is 1. The van der Waals surface area contributed by atoms with Gasteiger partial charge in [0.2, 0.25) is 5.91 Å². The largest absolute Gasteiger partial charge is 0.484 e. The normalized spacial score (nSPS) is 10.3. The Balaban J connectivity index is 1.93. The zero-order valence-electron chi connectivity index (χ0n) is 12.2. The van der Waals surface area contributed by atoms with Crippen LogP contribution in [0.1, 0.15) is 5.56 Å². The number of benzene rings is 2.